The molecule has 2 aromatic rings. The summed E-state index contributed by atoms with van der Waals surface area (Å²) >= 11 is 0. The molecule has 0 aromatic heterocycles. The Balaban J connectivity index is 1.51. The van der Waals surface area contributed by atoms with E-state index in [2.05, 4.69) is 18.7 Å². The Kier molecular flexibility index (Phi) is 10.0. The van der Waals surface area contributed by atoms with Crippen LogP contribution in [0, 0.1) is 11.7 Å². The molecule has 1 aliphatic rings. The fourth-order valence-electron chi connectivity index (χ4n) is 4.82. The molecule has 0 amide bonds. The van der Waals surface area contributed by atoms with Gasteiger partial charge in [-0.05, 0) is 105 Å². The van der Waals surface area contributed by atoms with E-state index in [4.69, 9.17) is 4.74 Å². The number of hydrogen-bond acceptors (Lipinski definition) is 1. The highest BCUT2D eigenvalue weighted by Crippen LogP contribution is 2.39. The smallest absolute Gasteiger partial charge is 0.316 e. The van der Waals surface area contributed by atoms with Crippen molar-refractivity contribution in [3.63, 3.8) is 0 Å². The molecule has 1 saturated carbocycles. The molecule has 2 aromatic carbocycles. The molecule has 0 N–H and O–H groups in total. The molecule has 3 rings (SSSR count). The lowest BCUT2D eigenvalue weighted by Crippen LogP contribution is -2.22. The highest BCUT2D eigenvalue weighted by Gasteiger charge is 2.36. The molecule has 184 valence electrons. The Morgan fingerprint density at radius 2 is 1.65 bits per heavy atom. The number of allylic oxidation sites excluding steroid dienone is 3. The fourth-order valence-corrected chi connectivity index (χ4v) is 4.82. The van der Waals surface area contributed by atoms with Crippen LogP contribution >= 0.6 is 0 Å². The van der Waals surface area contributed by atoms with Crippen LogP contribution in [0.15, 0.2) is 67.3 Å². The van der Waals surface area contributed by atoms with Gasteiger partial charge in [0.2, 0.25) is 0 Å². The third-order valence-electron chi connectivity index (χ3n) is 6.94. The zero-order chi connectivity index (χ0) is 24.4. The van der Waals surface area contributed by atoms with Crippen molar-refractivity contribution < 1.29 is 17.9 Å². The second kappa shape index (κ2) is 12.9. The molecule has 1 fully saturated rings. The quantitative estimate of drug-likeness (QED) is 0.281. The summed E-state index contributed by atoms with van der Waals surface area (Å²) in [5.41, 5.74) is 2.23. The van der Waals surface area contributed by atoms with Gasteiger partial charge in [0.15, 0.2) is 0 Å². The first kappa shape index (κ1) is 26.3. The van der Waals surface area contributed by atoms with E-state index in [0.29, 0.717) is 12.3 Å². The molecule has 1 nitrogen and oxygen atoms in total. The summed E-state index contributed by atoms with van der Waals surface area (Å²) in [5.74, 6) is 0.0624. The van der Waals surface area contributed by atoms with E-state index in [9.17, 15) is 13.2 Å². The zero-order valence-electron chi connectivity index (χ0n) is 20.2. The Labute approximate surface area is 202 Å². The fraction of sp³-hybridized carbons (Fsp3) is 0.467. The molecule has 0 bridgehead atoms. The van der Waals surface area contributed by atoms with Crippen molar-refractivity contribution in [3.05, 3.63) is 95.3 Å². The third-order valence-corrected chi connectivity index (χ3v) is 6.94. The molecule has 0 atom stereocenters. The van der Waals surface area contributed by atoms with Crippen LogP contribution in [0.4, 0.5) is 13.2 Å². The van der Waals surface area contributed by atoms with Gasteiger partial charge in [0.25, 0.3) is 0 Å². The van der Waals surface area contributed by atoms with Gasteiger partial charge in [-0.1, -0.05) is 48.6 Å². The highest BCUT2D eigenvalue weighted by atomic mass is 19.3. The van der Waals surface area contributed by atoms with E-state index in [0.717, 1.165) is 56.1 Å². The first-order valence-corrected chi connectivity index (χ1v) is 12.5. The second-order valence-corrected chi connectivity index (χ2v) is 9.36. The number of halogens is 3. The van der Waals surface area contributed by atoms with Gasteiger partial charge in [0.1, 0.15) is 5.82 Å². The monoisotopic (exact) mass is 470 g/mol. The van der Waals surface area contributed by atoms with E-state index in [1.807, 2.05) is 37.3 Å². The van der Waals surface area contributed by atoms with Gasteiger partial charge in [-0.3, -0.25) is 0 Å². The van der Waals surface area contributed by atoms with Crippen molar-refractivity contribution in [2.24, 2.45) is 5.92 Å². The lowest BCUT2D eigenvalue weighted by Gasteiger charge is -2.29. The SMILES string of the molecule is C=CCCc1ccc(CCOC(F)(F)c2ccc(C3CCC(CC/C=C/C)CC3)cc2F)cc1. The van der Waals surface area contributed by atoms with Gasteiger partial charge >= 0.3 is 6.11 Å². The van der Waals surface area contributed by atoms with Gasteiger partial charge in [0, 0.05) is 0 Å². The largest absolute Gasteiger partial charge is 0.386 e. The van der Waals surface area contributed by atoms with Gasteiger partial charge in [0.05, 0.1) is 12.2 Å². The van der Waals surface area contributed by atoms with Crippen molar-refractivity contribution in [2.75, 3.05) is 6.61 Å². The Morgan fingerprint density at radius 3 is 2.26 bits per heavy atom. The van der Waals surface area contributed by atoms with Crippen LogP contribution in [0.3, 0.4) is 0 Å². The molecule has 0 heterocycles. The minimum absolute atomic E-state index is 0.183. The Hall–Kier alpha value is -2.33. The number of benzene rings is 2. The van der Waals surface area contributed by atoms with Crippen molar-refractivity contribution >= 4 is 0 Å². The van der Waals surface area contributed by atoms with E-state index < -0.39 is 17.5 Å². The first-order valence-electron chi connectivity index (χ1n) is 12.5. The standard InChI is InChI=1S/C30H37F3O/c1-3-5-7-9-24-14-16-26(17-15-24)27-18-19-28(29(31)22-27)30(32,33)34-21-20-25-12-10-23(11-13-25)8-6-4-2/h3-5,10-13,18-19,22,24,26H,2,6-9,14-17,20-21H2,1H3/b5-3+. The summed E-state index contributed by atoms with van der Waals surface area (Å²) < 4.78 is 48.8. The van der Waals surface area contributed by atoms with E-state index in [1.54, 1.807) is 6.07 Å². The molecule has 0 radical (unpaired) electrons. The number of rotatable bonds is 12. The maximum atomic E-state index is 14.7. The minimum Gasteiger partial charge on any atom is -0.316 e. The first-order chi connectivity index (χ1) is 16.4. The third kappa shape index (κ3) is 7.59. The minimum atomic E-state index is -3.66. The number of ether oxygens (including phenoxy) is 1. The van der Waals surface area contributed by atoms with Crippen LogP contribution in [0.5, 0.6) is 0 Å². The van der Waals surface area contributed by atoms with Crippen molar-refractivity contribution in [1.82, 2.24) is 0 Å². The highest BCUT2D eigenvalue weighted by molar-refractivity contribution is 5.29. The van der Waals surface area contributed by atoms with Gasteiger partial charge < -0.3 is 4.74 Å². The summed E-state index contributed by atoms with van der Waals surface area (Å²) in [6.45, 7) is 5.57. The summed E-state index contributed by atoms with van der Waals surface area (Å²) in [6.07, 6.45) is 11.1. The van der Waals surface area contributed by atoms with Crippen LogP contribution in [0.2, 0.25) is 0 Å². The normalized spacial score (nSPS) is 18.9. The second-order valence-electron chi connectivity index (χ2n) is 9.36. The molecule has 4 heteroatoms. The number of hydrogen-bond donors (Lipinski definition) is 0. The average molecular weight is 471 g/mol. The van der Waals surface area contributed by atoms with Gasteiger partial charge in [-0.2, -0.15) is 8.78 Å². The summed E-state index contributed by atoms with van der Waals surface area (Å²) in [6, 6.07) is 12.0. The summed E-state index contributed by atoms with van der Waals surface area (Å²) in [5, 5.41) is 0. The summed E-state index contributed by atoms with van der Waals surface area (Å²) in [7, 11) is 0. The Bertz CT molecular complexity index is 925. The molecule has 0 spiro atoms. The molecule has 0 aliphatic heterocycles. The van der Waals surface area contributed by atoms with Crippen molar-refractivity contribution in [3.8, 4) is 0 Å². The van der Waals surface area contributed by atoms with Crippen molar-refractivity contribution in [1.29, 1.82) is 0 Å². The van der Waals surface area contributed by atoms with Crippen molar-refractivity contribution in [2.45, 2.75) is 76.7 Å². The van der Waals surface area contributed by atoms with Crippen LogP contribution in [-0.2, 0) is 23.7 Å². The molecular weight excluding hydrogens is 433 g/mol. The predicted octanol–water partition coefficient (Wildman–Crippen LogP) is 8.88. The topological polar surface area (TPSA) is 9.23 Å². The predicted molar refractivity (Wildman–Crippen MR) is 134 cm³/mol. The van der Waals surface area contributed by atoms with Crippen LogP contribution in [-0.4, -0.2) is 6.61 Å². The summed E-state index contributed by atoms with van der Waals surface area (Å²) in [4.78, 5) is 0. The zero-order valence-corrected chi connectivity index (χ0v) is 20.2. The molecule has 1 aliphatic carbocycles. The van der Waals surface area contributed by atoms with E-state index in [-0.39, 0.29) is 12.5 Å². The molecule has 0 unspecified atom stereocenters. The lowest BCUT2D eigenvalue weighted by molar-refractivity contribution is -0.249. The van der Waals surface area contributed by atoms with Gasteiger partial charge in [-0.25, -0.2) is 4.39 Å². The molecule has 0 saturated heterocycles. The number of aryl methyl sites for hydroxylation is 1. The maximum absolute atomic E-state index is 14.7. The average Bonchev–Trinajstić information content (AvgIpc) is 2.84. The van der Waals surface area contributed by atoms with Crippen LogP contribution in [0.1, 0.15) is 80.0 Å². The van der Waals surface area contributed by atoms with E-state index >= 15 is 0 Å². The maximum Gasteiger partial charge on any atom is 0.386 e. The Morgan fingerprint density at radius 1 is 0.971 bits per heavy atom. The van der Waals surface area contributed by atoms with Gasteiger partial charge in [-0.15, -0.1) is 6.58 Å². The van der Waals surface area contributed by atoms with Crippen LogP contribution in [0.25, 0.3) is 0 Å². The van der Waals surface area contributed by atoms with E-state index in [1.165, 1.54) is 24.1 Å². The number of alkyl halides is 2. The van der Waals surface area contributed by atoms with Crippen LogP contribution < -0.4 is 0 Å². The molecular formula is C30H37F3O. The molecule has 34 heavy (non-hydrogen) atoms. The lowest BCUT2D eigenvalue weighted by atomic mass is 9.77.